The van der Waals surface area contributed by atoms with Crippen LogP contribution in [0.4, 0.5) is 5.69 Å². The number of hydrogen-bond acceptors (Lipinski definition) is 6. The van der Waals surface area contributed by atoms with Crippen molar-refractivity contribution in [3.05, 3.63) is 52.5 Å². The van der Waals surface area contributed by atoms with E-state index in [1.165, 1.54) is 25.2 Å². The molecule has 2 rings (SSSR count). The van der Waals surface area contributed by atoms with Crippen molar-refractivity contribution in [1.82, 2.24) is 10.2 Å². The molecule has 1 N–H and O–H groups in total. The Balaban J connectivity index is 2.47. The van der Waals surface area contributed by atoms with E-state index in [4.69, 9.17) is 9.47 Å². The fraction of sp³-hybridized carbons (Fsp3) is 0.417. The maximum Gasteiger partial charge on any atom is 0.244 e. The normalized spacial score (nSPS) is 11.9. The van der Waals surface area contributed by atoms with Crippen LogP contribution in [0.5, 0.6) is 11.5 Å². The molecule has 0 aromatic heterocycles. The molecule has 0 aliphatic heterocycles. The highest BCUT2D eigenvalue weighted by molar-refractivity contribution is 9.10. The first-order valence-electron chi connectivity index (χ1n) is 11.0. The highest BCUT2D eigenvalue weighted by atomic mass is 79.9. The number of rotatable bonds is 12. The lowest BCUT2D eigenvalue weighted by atomic mass is 10.1. The second-order valence-electron chi connectivity index (χ2n) is 7.93. The first kappa shape index (κ1) is 28.4. The summed E-state index contributed by atoms with van der Waals surface area (Å²) in [7, 11) is -1.04. The summed E-state index contributed by atoms with van der Waals surface area (Å²) in [6, 6.07) is 11.2. The molecule has 0 aliphatic carbocycles. The van der Waals surface area contributed by atoms with Crippen molar-refractivity contribution in [3.63, 3.8) is 0 Å². The van der Waals surface area contributed by atoms with E-state index in [1.807, 2.05) is 31.2 Å². The lowest BCUT2D eigenvalue weighted by molar-refractivity contribution is -0.139. The number of ether oxygens (including phenoxy) is 2. The molecule has 11 heteroatoms. The third kappa shape index (κ3) is 7.86. The van der Waals surface area contributed by atoms with Crippen LogP contribution in [-0.4, -0.2) is 64.7 Å². The van der Waals surface area contributed by atoms with Crippen molar-refractivity contribution in [3.8, 4) is 11.5 Å². The largest absolute Gasteiger partial charge is 0.497 e. The summed E-state index contributed by atoms with van der Waals surface area (Å²) in [4.78, 5) is 27.7. The molecule has 2 aromatic carbocycles. The summed E-state index contributed by atoms with van der Waals surface area (Å²) in [5.74, 6) is -0.198. The third-order valence-electron chi connectivity index (χ3n) is 5.29. The number of anilines is 1. The predicted octanol–water partition coefficient (Wildman–Crippen LogP) is 3.18. The van der Waals surface area contributed by atoms with Crippen molar-refractivity contribution in [2.45, 2.75) is 32.9 Å². The quantitative estimate of drug-likeness (QED) is 0.421. The Bertz CT molecular complexity index is 1140. The fourth-order valence-corrected chi connectivity index (χ4v) is 4.69. The van der Waals surface area contributed by atoms with Crippen LogP contribution < -0.4 is 19.1 Å². The first-order chi connectivity index (χ1) is 16.5. The van der Waals surface area contributed by atoms with Gasteiger partial charge in [0, 0.05) is 23.6 Å². The molecule has 9 nitrogen and oxygen atoms in total. The number of methoxy groups -OCH3 is 2. The van der Waals surface area contributed by atoms with Gasteiger partial charge in [-0.05, 0) is 43.2 Å². The molecule has 0 unspecified atom stereocenters. The van der Waals surface area contributed by atoms with Gasteiger partial charge in [0.05, 0.1) is 26.2 Å². The molecule has 0 heterocycles. The molecule has 35 heavy (non-hydrogen) atoms. The van der Waals surface area contributed by atoms with Crippen molar-refractivity contribution in [2.75, 3.05) is 37.9 Å². The summed E-state index contributed by atoms with van der Waals surface area (Å²) in [5, 5.41) is 2.80. The first-order valence-corrected chi connectivity index (χ1v) is 13.7. The average Bonchev–Trinajstić information content (AvgIpc) is 2.82. The van der Waals surface area contributed by atoms with Crippen molar-refractivity contribution < 1.29 is 27.5 Å². The van der Waals surface area contributed by atoms with Gasteiger partial charge in [-0.15, -0.1) is 0 Å². The Hall–Kier alpha value is -2.79. The topological polar surface area (TPSA) is 105 Å². The monoisotopic (exact) mass is 569 g/mol. The van der Waals surface area contributed by atoms with Crippen LogP contribution in [0.1, 0.15) is 25.8 Å². The predicted molar refractivity (Wildman–Crippen MR) is 139 cm³/mol. The Morgan fingerprint density at radius 1 is 1.11 bits per heavy atom. The van der Waals surface area contributed by atoms with Crippen LogP contribution in [0.15, 0.2) is 46.9 Å². The number of carbonyl (C=O) groups is 2. The SMILES string of the molecule is CCCNC(=O)[C@@H](C)N(Cc1cccc(Br)c1)C(=O)CN(c1cc(OC)ccc1OC)S(C)(=O)=O. The van der Waals surface area contributed by atoms with Gasteiger partial charge in [-0.3, -0.25) is 13.9 Å². The van der Waals surface area contributed by atoms with Crippen LogP contribution in [0.2, 0.25) is 0 Å². The van der Waals surface area contributed by atoms with E-state index in [0.29, 0.717) is 12.3 Å². The summed E-state index contributed by atoms with van der Waals surface area (Å²) in [6.07, 6.45) is 1.75. The number of nitrogens with zero attached hydrogens (tertiary/aromatic N) is 2. The number of sulfonamides is 1. The number of halogens is 1. The minimum absolute atomic E-state index is 0.117. The minimum Gasteiger partial charge on any atom is -0.497 e. The third-order valence-corrected chi connectivity index (χ3v) is 6.91. The maximum absolute atomic E-state index is 13.6. The Morgan fingerprint density at radius 3 is 2.40 bits per heavy atom. The highest BCUT2D eigenvalue weighted by Gasteiger charge is 2.31. The summed E-state index contributed by atoms with van der Waals surface area (Å²) < 4.78 is 37.9. The molecule has 0 spiro atoms. The molecule has 2 aromatic rings. The molecule has 2 amide bonds. The molecule has 0 bridgehead atoms. The number of amides is 2. The van der Waals surface area contributed by atoms with Gasteiger partial charge in [0.25, 0.3) is 0 Å². The number of carbonyl (C=O) groups excluding carboxylic acids is 2. The second kappa shape index (κ2) is 12.8. The van der Waals surface area contributed by atoms with E-state index in [-0.39, 0.29) is 23.9 Å². The summed E-state index contributed by atoms with van der Waals surface area (Å²) in [6.45, 7) is 3.62. The molecular formula is C24H32BrN3O6S. The lowest BCUT2D eigenvalue weighted by Gasteiger charge is -2.32. The minimum atomic E-state index is -3.90. The van der Waals surface area contributed by atoms with Crippen LogP contribution in [-0.2, 0) is 26.2 Å². The van der Waals surface area contributed by atoms with Crippen molar-refractivity contribution >= 4 is 43.5 Å². The molecule has 0 saturated heterocycles. The van der Waals surface area contributed by atoms with E-state index in [2.05, 4.69) is 21.2 Å². The van der Waals surface area contributed by atoms with Gasteiger partial charge in [-0.25, -0.2) is 8.42 Å². The molecule has 0 fully saturated rings. The smallest absolute Gasteiger partial charge is 0.244 e. The zero-order valence-corrected chi connectivity index (χ0v) is 23.0. The second-order valence-corrected chi connectivity index (χ2v) is 10.7. The lowest BCUT2D eigenvalue weighted by Crippen LogP contribution is -2.51. The number of benzene rings is 2. The molecule has 192 valence electrons. The molecule has 0 radical (unpaired) electrons. The van der Waals surface area contributed by atoms with Gasteiger partial charge in [0.2, 0.25) is 21.8 Å². The van der Waals surface area contributed by atoms with E-state index in [9.17, 15) is 18.0 Å². The van der Waals surface area contributed by atoms with Gasteiger partial charge in [0.1, 0.15) is 24.1 Å². The standard InChI is InChI=1S/C24H32BrN3O6S/c1-6-12-26-24(30)17(2)27(15-18-8-7-9-19(25)13-18)23(29)16-28(35(5,31)32)21-14-20(33-3)10-11-22(21)34-4/h7-11,13-14,17H,6,12,15-16H2,1-5H3,(H,26,30)/t17-/m1/s1. The van der Waals surface area contributed by atoms with Crippen LogP contribution >= 0.6 is 15.9 Å². The van der Waals surface area contributed by atoms with E-state index >= 15 is 0 Å². The van der Waals surface area contributed by atoms with Crippen LogP contribution in [0.3, 0.4) is 0 Å². The summed E-state index contributed by atoms with van der Waals surface area (Å²) in [5.41, 5.74) is 0.945. The fourth-order valence-electron chi connectivity index (χ4n) is 3.40. The van der Waals surface area contributed by atoms with Gasteiger partial charge >= 0.3 is 0 Å². The van der Waals surface area contributed by atoms with Crippen LogP contribution in [0.25, 0.3) is 0 Å². The zero-order valence-electron chi connectivity index (χ0n) is 20.6. The van der Waals surface area contributed by atoms with Crippen LogP contribution in [0, 0.1) is 0 Å². The zero-order chi connectivity index (χ0) is 26.2. The maximum atomic E-state index is 13.6. The highest BCUT2D eigenvalue weighted by Crippen LogP contribution is 2.34. The molecule has 0 saturated carbocycles. The Kier molecular flexibility index (Phi) is 10.4. The van der Waals surface area contributed by atoms with Gasteiger partial charge < -0.3 is 19.7 Å². The van der Waals surface area contributed by atoms with Gasteiger partial charge in [-0.2, -0.15) is 0 Å². The average molecular weight is 571 g/mol. The van der Waals surface area contributed by atoms with Gasteiger partial charge in [-0.1, -0.05) is 35.0 Å². The van der Waals surface area contributed by atoms with Crippen molar-refractivity contribution in [1.29, 1.82) is 0 Å². The number of hydrogen-bond donors (Lipinski definition) is 1. The van der Waals surface area contributed by atoms with E-state index in [1.54, 1.807) is 19.1 Å². The van der Waals surface area contributed by atoms with E-state index < -0.39 is 28.5 Å². The molecular weight excluding hydrogens is 538 g/mol. The van der Waals surface area contributed by atoms with Gasteiger partial charge in [0.15, 0.2) is 0 Å². The van der Waals surface area contributed by atoms with E-state index in [0.717, 1.165) is 27.0 Å². The Labute approximate surface area is 215 Å². The summed E-state index contributed by atoms with van der Waals surface area (Å²) >= 11 is 3.42. The number of nitrogens with one attached hydrogen (secondary N) is 1. The van der Waals surface area contributed by atoms with Crippen molar-refractivity contribution in [2.24, 2.45) is 0 Å². The molecule has 1 atom stereocenters. The molecule has 0 aliphatic rings. The Morgan fingerprint density at radius 2 is 1.83 bits per heavy atom.